The molecule has 4 rings (SSSR count). The zero-order valence-corrected chi connectivity index (χ0v) is 14.7. The summed E-state index contributed by atoms with van der Waals surface area (Å²) in [4.78, 5) is 3.39. The van der Waals surface area contributed by atoms with Gasteiger partial charge in [-0.15, -0.1) is 0 Å². The van der Waals surface area contributed by atoms with Crippen LogP contribution < -0.4 is 4.72 Å². The topological polar surface area (TPSA) is 62.0 Å². The number of para-hydroxylation sites is 1. The molecule has 0 amide bonds. The second-order valence-electron chi connectivity index (χ2n) is 6.76. The summed E-state index contributed by atoms with van der Waals surface area (Å²) >= 11 is 0. The van der Waals surface area contributed by atoms with Gasteiger partial charge < -0.3 is 4.98 Å². The minimum absolute atomic E-state index is 0.128. The molecule has 1 heterocycles. The van der Waals surface area contributed by atoms with Gasteiger partial charge in [-0.1, -0.05) is 18.2 Å². The summed E-state index contributed by atoms with van der Waals surface area (Å²) in [5, 5.41) is 1.14. The van der Waals surface area contributed by atoms with Gasteiger partial charge in [-0.2, -0.15) is 0 Å². The van der Waals surface area contributed by atoms with Crippen LogP contribution in [0.15, 0.2) is 53.6 Å². The number of benzene rings is 2. The predicted molar refractivity (Wildman–Crippen MR) is 95.5 cm³/mol. The third kappa shape index (κ3) is 2.85. The van der Waals surface area contributed by atoms with Gasteiger partial charge in [-0.25, -0.2) is 17.5 Å². The van der Waals surface area contributed by atoms with E-state index in [0.717, 1.165) is 29.3 Å². The van der Waals surface area contributed by atoms with Crippen LogP contribution in [0.5, 0.6) is 0 Å². The minimum Gasteiger partial charge on any atom is -0.361 e. The highest BCUT2D eigenvalue weighted by Gasteiger charge is 2.46. The first-order chi connectivity index (χ1) is 11.9. The highest BCUT2D eigenvalue weighted by atomic mass is 32.2. The standard InChI is InChI=1S/C19H19FN2O2S/c1-13-10-14(20)6-7-18(13)25(23,24)22-12-19(8-9-19)16-11-21-17-5-3-2-4-15(16)17/h2-7,10-11,21-22H,8-9,12H2,1H3. The van der Waals surface area contributed by atoms with Crippen molar-refractivity contribution in [3.05, 3.63) is 65.6 Å². The maximum absolute atomic E-state index is 13.2. The number of fused-ring (bicyclic) bond motifs is 1. The quantitative estimate of drug-likeness (QED) is 0.732. The Morgan fingerprint density at radius 2 is 1.96 bits per heavy atom. The van der Waals surface area contributed by atoms with Crippen LogP contribution in [-0.2, 0) is 15.4 Å². The Morgan fingerprint density at radius 3 is 2.68 bits per heavy atom. The Kier molecular flexibility index (Phi) is 3.70. The lowest BCUT2D eigenvalue weighted by atomic mass is 9.96. The van der Waals surface area contributed by atoms with Crippen molar-refractivity contribution in [3.8, 4) is 0 Å². The summed E-state index contributed by atoms with van der Waals surface area (Å²) in [5.41, 5.74) is 2.45. The maximum Gasteiger partial charge on any atom is 0.240 e. The highest BCUT2D eigenvalue weighted by molar-refractivity contribution is 7.89. The number of H-pyrrole nitrogens is 1. The number of nitrogens with one attached hydrogen (secondary N) is 2. The molecular weight excluding hydrogens is 339 g/mol. The lowest BCUT2D eigenvalue weighted by Gasteiger charge is -2.17. The second-order valence-corrected chi connectivity index (χ2v) is 8.50. The number of aromatic amines is 1. The van der Waals surface area contributed by atoms with E-state index in [2.05, 4.69) is 15.8 Å². The molecule has 6 heteroatoms. The third-order valence-electron chi connectivity index (χ3n) is 5.04. The van der Waals surface area contributed by atoms with Crippen molar-refractivity contribution in [1.82, 2.24) is 9.71 Å². The van der Waals surface area contributed by atoms with E-state index >= 15 is 0 Å². The second kappa shape index (κ2) is 5.68. The first-order valence-electron chi connectivity index (χ1n) is 8.24. The van der Waals surface area contributed by atoms with Crippen LogP contribution in [0.2, 0.25) is 0 Å². The zero-order chi connectivity index (χ0) is 17.7. The van der Waals surface area contributed by atoms with Gasteiger partial charge in [0.1, 0.15) is 5.82 Å². The van der Waals surface area contributed by atoms with Crippen LogP contribution in [-0.4, -0.2) is 19.9 Å². The molecule has 2 aromatic carbocycles. The van der Waals surface area contributed by atoms with Gasteiger partial charge in [0.2, 0.25) is 10.0 Å². The van der Waals surface area contributed by atoms with Crippen LogP contribution in [0.1, 0.15) is 24.0 Å². The monoisotopic (exact) mass is 358 g/mol. The number of aromatic nitrogens is 1. The Hall–Kier alpha value is -2.18. The SMILES string of the molecule is Cc1cc(F)ccc1S(=O)(=O)NCC1(c2c[nH]c3ccccc23)CC1. The molecule has 1 fully saturated rings. The van der Waals surface area contributed by atoms with Gasteiger partial charge >= 0.3 is 0 Å². The number of hydrogen-bond donors (Lipinski definition) is 2. The molecule has 0 atom stereocenters. The summed E-state index contributed by atoms with van der Waals surface area (Å²) in [6.07, 6.45) is 3.87. The molecule has 130 valence electrons. The lowest BCUT2D eigenvalue weighted by molar-refractivity contribution is 0.566. The molecule has 1 saturated carbocycles. The molecule has 1 aromatic heterocycles. The first kappa shape index (κ1) is 16.3. The molecule has 25 heavy (non-hydrogen) atoms. The molecule has 2 N–H and O–H groups in total. The van der Waals surface area contributed by atoms with Crippen molar-refractivity contribution in [2.75, 3.05) is 6.54 Å². The first-order valence-corrected chi connectivity index (χ1v) is 9.72. The van der Waals surface area contributed by atoms with E-state index in [0.29, 0.717) is 12.1 Å². The lowest BCUT2D eigenvalue weighted by Crippen LogP contribution is -2.32. The van der Waals surface area contributed by atoms with E-state index < -0.39 is 15.8 Å². The zero-order valence-electron chi connectivity index (χ0n) is 13.8. The summed E-state index contributed by atoms with van der Waals surface area (Å²) in [5.74, 6) is -0.436. The van der Waals surface area contributed by atoms with Crippen molar-refractivity contribution < 1.29 is 12.8 Å². The van der Waals surface area contributed by atoms with Gasteiger partial charge in [0.15, 0.2) is 0 Å². The molecule has 0 aliphatic heterocycles. The molecule has 0 saturated heterocycles. The number of rotatable bonds is 5. The van der Waals surface area contributed by atoms with Crippen molar-refractivity contribution in [2.24, 2.45) is 0 Å². The van der Waals surface area contributed by atoms with Crippen LogP contribution in [0.3, 0.4) is 0 Å². The Bertz CT molecular complexity index is 1050. The summed E-state index contributed by atoms with van der Waals surface area (Å²) < 4.78 is 41.2. The maximum atomic E-state index is 13.2. The van der Waals surface area contributed by atoms with Crippen LogP contribution in [0, 0.1) is 12.7 Å². The number of sulfonamides is 1. The molecule has 3 aromatic rings. The molecule has 0 bridgehead atoms. The van der Waals surface area contributed by atoms with Gasteiger partial charge in [-0.05, 0) is 55.2 Å². The fraction of sp³-hybridized carbons (Fsp3) is 0.263. The number of hydrogen-bond acceptors (Lipinski definition) is 2. The van der Waals surface area contributed by atoms with E-state index in [9.17, 15) is 12.8 Å². The fourth-order valence-electron chi connectivity index (χ4n) is 3.43. The van der Waals surface area contributed by atoms with Gasteiger partial charge in [-0.3, -0.25) is 0 Å². The summed E-state index contributed by atoms with van der Waals surface area (Å²) in [6.45, 7) is 1.94. The van der Waals surface area contributed by atoms with E-state index in [4.69, 9.17) is 0 Å². The molecule has 1 aliphatic rings. The molecule has 1 aliphatic carbocycles. The molecule has 0 spiro atoms. The van der Waals surface area contributed by atoms with E-state index in [1.54, 1.807) is 6.92 Å². The van der Waals surface area contributed by atoms with Crippen LogP contribution >= 0.6 is 0 Å². The third-order valence-corrected chi connectivity index (χ3v) is 6.60. The van der Waals surface area contributed by atoms with Gasteiger partial charge in [0.05, 0.1) is 4.90 Å². The molecule has 4 nitrogen and oxygen atoms in total. The average molecular weight is 358 g/mol. The van der Waals surface area contributed by atoms with Crippen molar-refractivity contribution in [1.29, 1.82) is 0 Å². The number of aryl methyl sites for hydroxylation is 1. The van der Waals surface area contributed by atoms with E-state index in [-0.39, 0.29) is 10.3 Å². The highest BCUT2D eigenvalue weighted by Crippen LogP contribution is 2.50. The largest absolute Gasteiger partial charge is 0.361 e. The Labute approximate surface area is 146 Å². The van der Waals surface area contributed by atoms with Gasteiger partial charge in [0.25, 0.3) is 0 Å². The molecule has 0 unspecified atom stereocenters. The van der Waals surface area contributed by atoms with E-state index in [1.807, 2.05) is 24.4 Å². The van der Waals surface area contributed by atoms with Crippen LogP contribution in [0.4, 0.5) is 4.39 Å². The Balaban J connectivity index is 1.60. The van der Waals surface area contributed by atoms with Crippen molar-refractivity contribution in [3.63, 3.8) is 0 Å². The fourth-order valence-corrected chi connectivity index (χ4v) is 4.78. The van der Waals surface area contributed by atoms with Gasteiger partial charge in [0, 0.05) is 29.1 Å². The Morgan fingerprint density at radius 1 is 1.20 bits per heavy atom. The van der Waals surface area contributed by atoms with Crippen molar-refractivity contribution in [2.45, 2.75) is 30.1 Å². The minimum atomic E-state index is -3.67. The molecular formula is C19H19FN2O2S. The van der Waals surface area contributed by atoms with E-state index in [1.165, 1.54) is 18.2 Å². The van der Waals surface area contributed by atoms with Crippen LogP contribution in [0.25, 0.3) is 10.9 Å². The summed E-state index contributed by atoms with van der Waals surface area (Å²) in [7, 11) is -3.67. The van der Waals surface area contributed by atoms with Crippen molar-refractivity contribution >= 4 is 20.9 Å². The average Bonchev–Trinajstić information content (AvgIpc) is 3.24. The number of halogens is 1. The molecule has 0 radical (unpaired) electrons. The predicted octanol–water partition coefficient (Wildman–Crippen LogP) is 3.63. The normalized spacial score (nSPS) is 16.2. The smallest absolute Gasteiger partial charge is 0.240 e. The summed E-state index contributed by atoms with van der Waals surface area (Å²) in [6, 6.07) is 11.8.